The highest BCUT2D eigenvalue weighted by Crippen LogP contribution is 2.18. The van der Waals surface area contributed by atoms with E-state index in [0.29, 0.717) is 6.54 Å². The molecule has 6 heteroatoms. The molecule has 5 nitrogen and oxygen atoms in total. The average molecular weight is 285 g/mol. The molecule has 1 rings (SSSR count). The van der Waals surface area contributed by atoms with Crippen molar-refractivity contribution in [2.24, 2.45) is 0 Å². The Morgan fingerprint density at radius 1 is 1.26 bits per heavy atom. The van der Waals surface area contributed by atoms with Gasteiger partial charge < -0.3 is 5.32 Å². The number of nitrogens with zero attached hydrogens (tertiary/aromatic N) is 1. The Morgan fingerprint density at radius 3 is 2.32 bits per heavy atom. The molecule has 1 aromatic heterocycles. The molecule has 1 aromatic rings. The Labute approximate surface area is 115 Å². The number of aromatic nitrogens is 1. The molecule has 0 aromatic carbocycles. The summed E-state index contributed by atoms with van der Waals surface area (Å²) < 4.78 is 27.2. The van der Waals surface area contributed by atoms with Gasteiger partial charge in [0.25, 0.3) is 10.0 Å². The number of pyridine rings is 1. The third-order valence-electron chi connectivity index (χ3n) is 3.40. The van der Waals surface area contributed by atoms with Crippen LogP contribution in [0.5, 0.6) is 0 Å². The quantitative estimate of drug-likeness (QED) is 0.799. The number of rotatable bonds is 7. The lowest BCUT2D eigenvalue weighted by atomic mass is 9.98. The van der Waals surface area contributed by atoms with Crippen molar-refractivity contribution in [2.75, 3.05) is 7.05 Å². The van der Waals surface area contributed by atoms with E-state index in [1.165, 1.54) is 0 Å². The maximum Gasteiger partial charge on any atom is 0.258 e. The van der Waals surface area contributed by atoms with E-state index < -0.39 is 15.6 Å². The minimum Gasteiger partial charge on any atom is -0.316 e. The molecule has 0 aliphatic heterocycles. The van der Waals surface area contributed by atoms with Crippen molar-refractivity contribution in [1.29, 1.82) is 0 Å². The van der Waals surface area contributed by atoms with Crippen LogP contribution in [0, 0.1) is 0 Å². The summed E-state index contributed by atoms with van der Waals surface area (Å²) in [5, 5.41) is 3.06. The molecule has 0 radical (unpaired) electrons. The lowest BCUT2D eigenvalue weighted by molar-refractivity contribution is 0.388. The molecule has 0 aliphatic rings. The summed E-state index contributed by atoms with van der Waals surface area (Å²) in [4.78, 5) is 4.03. The Morgan fingerprint density at radius 2 is 1.89 bits per heavy atom. The Balaban J connectivity index is 2.94. The molecular weight excluding hydrogens is 262 g/mol. The summed E-state index contributed by atoms with van der Waals surface area (Å²) in [7, 11) is -1.72. The lowest BCUT2D eigenvalue weighted by Gasteiger charge is -2.27. The molecule has 0 fully saturated rings. The van der Waals surface area contributed by atoms with Crippen LogP contribution in [0.25, 0.3) is 0 Å². The number of sulfonamides is 1. The minimum absolute atomic E-state index is 0.0699. The van der Waals surface area contributed by atoms with Gasteiger partial charge >= 0.3 is 0 Å². The van der Waals surface area contributed by atoms with Gasteiger partial charge in [-0.2, -0.15) is 0 Å². The number of nitrogens with one attached hydrogen (secondary N) is 2. The summed E-state index contributed by atoms with van der Waals surface area (Å²) in [6.45, 7) is 6.51. The fourth-order valence-corrected chi connectivity index (χ4v) is 3.13. The van der Waals surface area contributed by atoms with Crippen LogP contribution in [0.4, 0.5) is 0 Å². The second kappa shape index (κ2) is 6.45. The van der Waals surface area contributed by atoms with E-state index in [2.05, 4.69) is 15.0 Å². The summed E-state index contributed by atoms with van der Waals surface area (Å²) >= 11 is 0. The zero-order valence-corrected chi connectivity index (χ0v) is 12.8. The van der Waals surface area contributed by atoms with Crippen molar-refractivity contribution in [3.8, 4) is 0 Å². The maximum atomic E-state index is 12.2. The second-order valence-corrected chi connectivity index (χ2v) is 6.54. The molecule has 108 valence electrons. The van der Waals surface area contributed by atoms with Crippen LogP contribution in [-0.2, 0) is 16.6 Å². The highest BCUT2D eigenvalue weighted by molar-refractivity contribution is 7.89. The van der Waals surface area contributed by atoms with Crippen LogP contribution >= 0.6 is 0 Å². The van der Waals surface area contributed by atoms with Gasteiger partial charge in [0.1, 0.15) is 0 Å². The Bertz CT molecular complexity index is 493. The highest BCUT2D eigenvalue weighted by atomic mass is 32.2. The zero-order valence-electron chi connectivity index (χ0n) is 12.0. The summed E-state index contributed by atoms with van der Waals surface area (Å²) in [5.74, 6) is 0. The zero-order chi connectivity index (χ0) is 14.5. The van der Waals surface area contributed by atoms with Gasteiger partial charge in [0.15, 0.2) is 5.03 Å². The third kappa shape index (κ3) is 4.26. The molecule has 2 N–H and O–H groups in total. The molecule has 0 saturated heterocycles. The fraction of sp³-hybridized carbons (Fsp3) is 0.615. The van der Waals surface area contributed by atoms with Crippen molar-refractivity contribution >= 4 is 10.0 Å². The predicted octanol–water partition coefficient (Wildman–Crippen LogP) is 1.66. The van der Waals surface area contributed by atoms with Crippen LogP contribution < -0.4 is 10.0 Å². The SMILES string of the molecule is CCC(C)(CC)NS(=O)(=O)c1ccc(CNC)cn1. The normalized spacial score (nSPS) is 12.6. The van der Waals surface area contributed by atoms with Crippen LogP contribution in [0.3, 0.4) is 0 Å². The first kappa shape index (κ1) is 16.1. The van der Waals surface area contributed by atoms with Crippen molar-refractivity contribution in [3.63, 3.8) is 0 Å². The van der Waals surface area contributed by atoms with Gasteiger partial charge in [0, 0.05) is 18.3 Å². The smallest absolute Gasteiger partial charge is 0.258 e. The minimum atomic E-state index is -3.56. The van der Waals surface area contributed by atoms with Gasteiger partial charge in [-0.1, -0.05) is 19.9 Å². The summed E-state index contributed by atoms with van der Waals surface area (Å²) in [6, 6.07) is 3.31. The summed E-state index contributed by atoms with van der Waals surface area (Å²) in [6.07, 6.45) is 3.06. The van der Waals surface area contributed by atoms with Gasteiger partial charge in [-0.15, -0.1) is 0 Å². The van der Waals surface area contributed by atoms with E-state index in [-0.39, 0.29) is 5.03 Å². The third-order valence-corrected chi connectivity index (χ3v) is 4.95. The standard InChI is InChI=1S/C13H23N3O2S/c1-5-13(3,6-2)16-19(17,18)12-8-7-11(9-14-4)10-15-12/h7-8,10,14,16H,5-6,9H2,1-4H3. The molecule has 0 saturated carbocycles. The van der Waals surface area contributed by atoms with Gasteiger partial charge in [-0.05, 0) is 38.4 Å². The van der Waals surface area contributed by atoms with Crippen molar-refractivity contribution in [1.82, 2.24) is 15.0 Å². The number of hydrogen-bond acceptors (Lipinski definition) is 4. The fourth-order valence-electron chi connectivity index (χ4n) is 1.65. The molecule has 1 heterocycles. The predicted molar refractivity (Wildman–Crippen MR) is 76.3 cm³/mol. The first-order chi connectivity index (χ1) is 8.87. The van der Waals surface area contributed by atoms with Crippen molar-refractivity contribution in [3.05, 3.63) is 23.9 Å². The van der Waals surface area contributed by atoms with Gasteiger partial charge in [0.2, 0.25) is 0 Å². The second-order valence-electron chi connectivity index (χ2n) is 4.91. The van der Waals surface area contributed by atoms with E-state index in [0.717, 1.165) is 18.4 Å². The first-order valence-electron chi connectivity index (χ1n) is 6.50. The largest absolute Gasteiger partial charge is 0.316 e. The first-order valence-corrected chi connectivity index (χ1v) is 7.98. The van der Waals surface area contributed by atoms with Crippen molar-refractivity contribution < 1.29 is 8.42 Å². The maximum absolute atomic E-state index is 12.2. The van der Waals surface area contributed by atoms with E-state index in [1.807, 2.05) is 27.8 Å². The van der Waals surface area contributed by atoms with E-state index >= 15 is 0 Å². The highest BCUT2D eigenvalue weighted by Gasteiger charge is 2.28. The van der Waals surface area contributed by atoms with Crippen LogP contribution in [0.15, 0.2) is 23.4 Å². The molecule has 0 spiro atoms. The molecule has 0 amide bonds. The van der Waals surface area contributed by atoms with Crippen LogP contribution in [0.2, 0.25) is 0 Å². The van der Waals surface area contributed by atoms with Gasteiger partial charge in [-0.3, -0.25) is 0 Å². The van der Waals surface area contributed by atoms with Gasteiger partial charge in [0.05, 0.1) is 0 Å². The Kier molecular flexibility index (Phi) is 5.46. The number of hydrogen-bond donors (Lipinski definition) is 2. The molecule has 0 aliphatic carbocycles. The molecule has 0 atom stereocenters. The lowest BCUT2D eigenvalue weighted by Crippen LogP contribution is -2.45. The van der Waals surface area contributed by atoms with Crippen LogP contribution in [-0.4, -0.2) is 26.0 Å². The molecule has 0 bridgehead atoms. The Hall–Kier alpha value is -0.980. The van der Waals surface area contributed by atoms with E-state index in [4.69, 9.17) is 0 Å². The average Bonchev–Trinajstić information content (AvgIpc) is 2.39. The van der Waals surface area contributed by atoms with Crippen LogP contribution in [0.1, 0.15) is 39.2 Å². The molecular formula is C13H23N3O2S. The van der Waals surface area contributed by atoms with E-state index in [9.17, 15) is 8.42 Å². The molecule has 19 heavy (non-hydrogen) atoms. The van der Waals surface area contributed by atoms with Gasteiger partial charge in [-0.25, -0.2) is 18.1 Å². The summed E-state index contributed by atoms with van der Waals surface area (Å²) in [5.41, 5.74) is 0.527. The molecule has 0 unspecified atom stereocenters. The van der Waals surface area contributed by atoms with Crippen molar-refractivity contribution in [2.45, 2.75) is 50.7 Å². The monoisotopic (exact) mass is 285 g/mol. The van der Waals surface area contributed by atoms with E-state index in [1.54, 1.807) is 18.3 Å². The topological polar surface area (TPSA) is 71.1 Å².